The van der Waals surface area contributed by atoms with Gasteiger partial charge in [-0.1, -0.05) is 6.07 Å². The standard InChI is InChI=1S/C14H21BrN2O/c1-10(16)11-5-6-14(13(15)8-11)17(2)9-12-4-3-7-18-12/h5-6,8,10,12H,3-4,7,9,16H2,1-2H3/t10-,12?/m0/s1. The zero-order valence-electron chi connectivity index (χ0n) is 11.0. The maximum atomic E-state index is 5.89. The van der Waals surface area contributed by atoms with Gasteiger partial charge in [-0.3, -0.25) is 0 Å². The van der Waals surface area contributed by atoms with Gasteiger partial charge in [-0.05, 0) is 53.4 Å². The number of anilines is 1. The van der Waals surface area contributed by atoms with Gasteiger partial charge in [-0.15, -0.1) is 0 Å². The van der Waals surface area contributed by atoms with Gasteiger partial charge in [0.05, 0.1) is 11.8 Å². The van der Waals surface area contributed by atoms with Crippen molar-refractivity contribution in [3.63, 3.8) is 0 Å². The van der Waals surface area contributed by atoms with Crippen molar-refractivity contribution >= 4 is 21.6 Å². The van der Waals surface area contributed by atoms with Crippen LogP contribution in [-0.2, 0) is 4.74 Å². The van der Waals surface area contributed by atoms with Gasteiger partial charge >= 0.3 is 0 Å². The highest BCUT2D eigenvalue weighted by Crippen LogP contribution is 2.29. The van der Waals surface area contributed by atoms with E-state index in [1.54, 1.807) is 0 Å². The largest absolute Gasteiger partial charge is 0.376 e. The van der Waals surface area contributed by atoms with E-state index >= 15 is 0 Å². The third-order valence-electron chi connectivity index (χ3n) is 3.41. The van der Waals surface area contributed by atoms with Crippen molar-refractivity contribution in [1.82, 2.24) is 0 Å². The number of nitrogens with zero attached hydrogens (tertiary/aromatic N) is 1. The van der Waals surface area contributed by atoms with Crippen LogP contribution in [0.2, 0.25) is 0 Å². The molecule has 2 N–H and O–H groups in total. The topological polar surface area (TPSA) is 38.5 Å². The second-order valence-electron chi connectivity index (χ2n) is 5.02. The van der Waals surface area contributed by atoms with Gasteiger partial charge in [0.25, 0.3) is 0 Å². The first-order valence-corrected chi connectivity index (χ1v) is 7.25. The van der Waals surface area contributed by atoms with Gasteiger partial charge in [0.15, 0.2) is 0 Å². The van der Waals surface area contributed by atoms with Crippen molar-refractivity contribution in [2.45, 2.75) is 31.9 Å². The van der Waals surface area contributed by atoms with Crippen molar-refractivity contribution in [3.8, 4) is 0 Å². The number of ether oxygens (including phenoxy) is 1. The van der Waals surface area contributed by atoms with Crippen LogP contribution in [0.3, 0.4) is 0 Å². The molecular weight excluding hydrogens is 292 g/mol. The lowest BCUT2D eigenvalue weighted by Gasteiger charge is -2.24. The molecule has 1 unspecified atom stereocenters. The predicted molar refractivity (Wildman–Crippen MR) is 79.0 cm³/mol. The minimum absolute atomic E-state index is 0.0684. The molecule has 0 bridgehead atoms. The highest BCUT2D eigenvalue weighted by atomic mass is 79.9. The van der Waals surface area contributed by atoms with E-state index in [-0.39, 0.29) is 6.04 Å². The Morgan fingerprint density at radius 3 is 2.89 bits per heavy atom. The fraction of sp³-hybridized carbons (Fsp3) is 0.571. The Labute approximate surface area is 117 Å². The second kappa shape index (κ2) is 6.04. The fourth-order valence-corrected chi connectivity index (χ4v) is 3.01. The Morgan fingerprint density at radius 2 is 2.33 bits per heavy atom. The number of hydrogen-bond acceptors (Lipinski definition) is 3. The number of likely N-dealkylation sites (N-methyl/N-ethyl adjacent to an activating group) is 1. The molecule has 1 fully saturated rings. The summed E-state index contributed by atoms with van der Waals surface area (Å²) < 4.78 is 6.77. The fourth-order valence-electron chi connectivity index (χ4n) is 2.31. The van der Waals surface area contributed by atoms with Crippen molar-refractivity contribution in [2.24, 2.45) is 5.73 Å². The minimum atomic E-state index is 0.0684. The molecule has 2 atom stereocenters. The van der Waals surface area contributed by atoms with E-state index in [0.29, 0.717) is 6.10 Å². The molecule has 2 rings (SSSR count). The van der Waals surface area contributed by atoms with Crippen LogP contribution in [0.15, 0.2) is 22.7 Å². The zero-order chi connectivity index (χ0) is 13.1. The third-order valence-corrected chi connectivity index (χ3v) is 4.05. The number of halogens is 1. The molecule has 18 heavy (non-hydrogen) atoms. The highest BCUT2D eigenvalue weighted by Gasteiger charge is 2.18. The van der Waals surface area contributed by atoms with Crippen LogP contribution in [0, 0.1) is 0 Å². The van der Waals surface area contributed by atoms with Gasteiger partial charge in [0.2, 0.25) is 0 Å². The number of hydrogen-bond donors (Lipinski definition) is 1. The van der Waals surface area contributed by atoms with Crippen LogP contribution >= 0.6 is 15.9 Å². The lowest BCUT2D eigenvalue weighted by Crippen LogP contribution is -2.28. The van der Waals surface area contributed by atoms with Crippen molar-refractivity contribution < 1.29 is 4.74 Å². The normalized spacial score (nSPS) is 21.0. The molecule has 1 aliphatic heterocycles. The first kappa shape index (κ1) is 13.8. The lowest BCUT2D eigenvalue weighted by atomic mass is 10.1. The van der Waals surface area contributed by atoms with Crippen molar-refractivity contribution in [2.75, 3.05) is 25.1 Å². The second-order valence-corrected chi connectivity index (χ2v) is 5.87. The number of rotatable bonds is 4. The van der Waals surface area contributed by atoms with E-state index in [2.05, 4.69) is 46.1 Å². The molecule has 4 heteroatoms. The summed E-state index contributed by atoms with van der Waals surface area (Å²) in [5.41, 5.74) is 8.23. The first-order valence-electron chi connectivity index (χ1n) is 6.45. The zero-order valence-corrected chi connectivity index (χ0v) is 12.6. The van der Waals surface area contributed by atoms with Crippen molar-refractivity contribution in [3.05, 3.63) is 28.2 Å². The van der Waals surface area contributed by atoms with E-state index in [4.69, 9.17) is 10.5 Å². The molecule has 0 amide bonds. The molecule has 1 aromatic carbocycles. The summed E-state index contributed by atoms with van der Waals surface area (Å²) in [5, 5.41) is 0. The molecule has 1 aliphatic rings. The maximum absolute atomic E-state index is 5.89. The van der Waals surface area contributed by atoms with Gasteiger partial charge in [-0.25, -0.2) is 0 Å². The Bertz CT molecular complexity index is 403. The molecule has 1 aromatic rings. The van der Waals surface area contributed by atoms with E-state index in [1.807, 2.05) is 6.92 Å². The lowest BCUT2D eigenvalue weighted by molar-refractivity contribution is 0.116. The van der Waals surface area contributed by atoms with Crippen LogP contribution in [0.4, 0.5) is 5.69 Å². The Morgan fingerprint density at radius 1 is 1.56 bits per heavy atom. The minimum Gasteiger partial charge on any atom is -0.376 e. The van der Waals surface area contributed by atoms with E-state index in [0.717, 1.165) is 23.2 Å². The summed E-state index contributed by atoms with van der Waals surface area (Å²) in [6.07, 6.45) is 2.72. The van der Waals surface area contributed by atoms with Crippen LogP contribution in [0.5, 0.6) is 0 Å². The van der Waals surface area contributed by atoms with Crippen molar-refractivity contribution in [1.29, 1.82) is 0 Å². The van der Waals surface area contributed by atoms with E-state index < -0.39 is 0 Å². The average molecular weight is 313 g/mol. The molecule has 0 aliphatic carbocycles. The van der Waals surface area contributed by atoms with Gasteiger partial charge in [0.1, 0.15) is 0 Å². The molecule has 0 spiro atoms. The van der Waals surface area contributed by atoms with Crippen LogP contribution in [-0.4, -0.2) is 26.3 Å². The Kier molecular flexibility index (Phi) is 4.65. The first-order chi connectivity index (χ1) is 8.58. The monoisotopic (exact) mass is 312 g/mol. The van der Waals surface area contributed by atoms with Gasteiger partial charge < -0.3 is 15.4 Å². The predicted octanol–water partition coefficient (Wildman–Crippen LogP) is 3.08. The van der Waals surface area contributed by atoms with Crippen LogP contribution < -0.4 is 10.6 Å². The Balaban J connectivity index is 2.07. The Hall–Kier alpha value is -0.580. The van der Waals surface area contributed by atoms with Crippen LogP contribution in [0.25, 0.3) is 0 Å². The number of nitrogens with two attached hydrogens (primary N) is 1. The maximum Gasteiger partial charge on any atom is 0.0750 e. The molecule has 0 aromatic heterocycles. The highest BCUT2D eigenvalue weighted by molar-refractivity contribution is 9.10. The molecule has 3 nitrogen and oxygen atoms in total. The summed E-state index contributed by atoms with van der Waals surface area (Å²) in [7, 11) is 2.10. The quantitative estimate of drug-likeness (QED) is 0.928. The molecular formula is C14H21BrN2O. The third kappa shape index (κ3) is 3.25. The molecule has 1 saturated heterocycles. The molecule has 0 radical (unpaired) electrons. The average Bonchev–Trinajstić information content (AvgIpc) is 2.81. The van der Waals surface area contributed by atoms with Gasteiger partial charge in [-0.2, -0.15) is 0 Å². The van der Waals surface area contributed by atoms with Gasteiger partial charge in [0, 0.05) is 30.7 Å². The molecule has 1 heterocycles. The van der Waals surface area contributed by atoms with E-state index in [1.165, 1.54) is 18.5 Å². The number of benzene rings is 1. The van der Waals surface area contributed by atoms with Crippen LogP contribution in [0.1, 0.15) is 31.4 Å². The summed E-state index contributed by atoms with van der Waals surface area (Å²) in [4.78, 5) is 2.24. The summed E-state index contributed by atoms with van der Waals surface area (Å²) in [5.74, 6) is 0. The summed E-state index contributed by atoms with van der Waals surface area (Å²) in [6.45, 7) is 3.84. The summed E-state index contributed by atoms with van der Waals surface area (Å²) in [6, 6.07) is 6.39. The smallest absolute Gasteiger partial charge is 0.0750 e. The molecule has 100 valence electrons. The molecule has 0 saturated carbocycles. The SMILES string of the molecule is C[C@H](N)c1ccc(N(C)CC2CCCO2)c(Br)c1. The summed E-state index contributed by atoms with van der Waals surface area (Å²) >= 11 is 3.63. The van der Waals surface area contributed by atoms with E-state index in [9.17, 15) is 0 Å².